The minimum atomic E-state index is -0.0988. The number of hydrogen-bond acceptors (Lipinski definition) is 6. The molecule has 1 N–H and O–H groups in total. The first-order chi connectivity index (χ1) is 15.5. The van der Waals surface area contributed by atoms with E-state index in [1.807, 2.05) is 49.4 Å². The number of carbonyl (C=O) groups excluding carboxylic acids is 1. The van der Waals surface area contributed by atoms with E-state index in [4.69, 9.17) is 19.3 Å². The molecule has 1 aliphatic heterocycles. The molecular formula is C24H25N3O4S. The third kappa shape index (κ3) is 4.18. The molecule has 0 aliphatic carbocycles. The molecule has 1 aromatic heterocycles. The van der Waals surface area contributed by atoms with Crippen LogP contribution < -0.4 is 19.5 Å². The molecule has 1 amide bonds. The molecule has 0 fully saturated rings. The first-order valence-electron chi connectivity index (χ1n) is 10.1. The fourth-order valence-electron chi connectivity index (χ4n) is 3.67. The smallest absolute Gasteiger partial charge is 0.235 e. The van der Waals surface area contributed by atoms with Crippen LogP contribution in [0.4, 0.5) is 5.82 Å². The second kappa shape index (κ2) is 9.40. The van der Waals surface area contributed by atoms with Gasteiger partial charge in [-0.1, -0.05) is 18.7 Å². The largest absolute Gasteiger partial charge is 0.497 e. The molecule has 1 aliphatic rings. The number of amides is 1. The highest BCUT2D eigenvalue weighted by Gasteiger charge is 2.31. The number of ether oxygens (including phenoxy) is 3. The number of rotatable bonds is 7. The Balaban J connectivity index is 1.79. The van der Waals surface area contributed by atoms with E-state index in [0.29, 0.717) is 29.7 Å². The van der Waals surface area contributed by atoms with Crippen LogP contribution in [0.5, 0.6) is 17.2 Å². The van der Waals surface area contributed by atoms with Crippen molar-refractivity contribution in [3.8, 4) is 22.9 Å². The molecule has 0 spiro atoms. The topological polar surface area (TPSA) is 74.6 Å². The van der Waals surface area contributed by atoms with E-state index in [2.05, 4.69) is 11.9 Å². The fourth-order valence-corrected chi connectivity index (χ4v) is 4.85. The Morgan fingerprint density at radius 2 is 1.97 bits per heavy atom. The van der Waals surface area contributed by atoms with E-state index in [1.165, 1.54) is 0 Å². The minimum absolute atomic E-state index is 0.0636. The van der Waals surface area contributed by atoms with Gasteiger partial charge in [-0.25, -0.2) is 4.68 Å². The van der Waals surface area contributed by atoms with Crippen molar-refractivity contribution in [1.82, 2.24) is 9.78 Å². The van der Waals surface area contributed by atoms with Crippen molar-refractivity contribution in [3.05, 3.63) is 71.9 Å². The van der Waals surface area contributed by atoms with Crippen LogP contribution in [0.2, 0.25) is 0 Å². The second-order valence-corrected chi connectivity index (χ2v) is 8.30. The summed E-state index contributed by atoms with van der Waals surface area (Å²) in [4.78, 5) is 12.6. The number of benzene rings is 2. The quantitative estimate of drug-likeness (QED) is 0.532. The van der Waals surface area contributed by atoms with Gasteiger partial charge in [-0.05, 0) is 48.9 Å². The van der Waals surface area contributed by atoms with Crippen molar-refractivity contribution in [1.29, 1.82) is 0 Å². The van der Waals surface area contributed by atoms with Gasteiger partial charge in [-0.15, -0.1) is 11.8 Å². The Morgan fingerprint density at radius 1 is 1.19 bits per heavy atom. The Hall–Kier alpha value is -3.39. The fraction of sp³-hybridized carbons (Fsp3) is 0.250. The van der Waals surface area contributed by atoms with Crippen LogP contribution in [0, 0.1) is 6.92 Å². The van der Waals surface area contributed by atoms with E-state index in [-0.39, 0.29) is 11.2 Å². The molecule has 1 atom stereocenters. The van der Waals surface area contributed by atoms with E-state index >= 15 is 0 Å². The molecule has 2 aromatic carbocycles. The Morgan fingerprint density at radius 3 is 2.66 bits per heavy atom. The van der Waals surface area contributed by atoms with Crippen molar-refractivity contribution in [2.45, 2.75) is 12.2 Å². The van der Waals surface area contributed by atoms with Gasteiger partial charge >= 0.3 is 0 Å². The van der Waals surface area contributed by atoms with Crippen LogP contribution >= 0.6 is 11.8 Å². The van der Waals surface area contributed by atoms with Crippen molar-refractivity contribution < 1.29 is 19.0 Å². The lowest BCUT2D eigenvalue weighted by molar-refractivity contribution is -0.113. The molecule has 0 radical (unpaired) electrons. The van der Waals surface area contributed by atoms with E-state index < -0.39 is 0 Å². The van der Waals surface area contributed by atoms with Crippen molar-refractivity contribution >= 4 is 23.5 Å². The number of carbonyl (C=O) groups is 1. The zero-order chi connectivity index (χ0) is 22.7. The summed E-state index contributed by atoms with van der Waals surface area (Å²) in [6.45, 7) is 6.04. The summed E-state index contributed by atoms with van der Waals surface area (Å²) in [6, 6.07) is 13.4. The molecule has 32 heavy (non-hydrogen) atoms. The van der Waals surface area contributed by atoms with Gasteiger partial charge in [0.1, 0.15) is 18.2 Å². The molecule has 1 unspecified atom stereocenters. The van der Waals surface area contributed by atoms with E-state index in [1.54, 1.807) is 36.7 Å². The molecule has 0 saturated heterocycles. The molecule has 3 aromatic rings. The zero-order valence-electron chi connectivity index (χ0n) is 18.3. The number of aromatic nitrogens is 2. The number of nitrogens with zero attached hydrogens (tertiary/aromatic N) is 2. The average molecular weight is 452 g/mol. The first kappa shape index (κ1) is 21.8. The average Bonchev–Trinajstić information content (AvgIpc) is 3.02. The van der Waals surface area contributed by atoms with Crippen molar-refractivity contribution in [2.75, 3.05) is 31.9 Å². The molecule has 7 nitrogen and oxygen atoms in total. The summed E-state index contributed by atoms with van der Waals surface area (Å²) < 4.78 is 18.3. The highest BCUT2D eigenvalue weighted by Crippen LogP contribution is 2.45. The lowest BCUT2D eigenvalue weighted by atomic mass is 10.0. The molecule has 0 bridgehead atoms. The third-order valence-electron chi connectivity index (χ3n) is 5.17. The van der Waals surface area contributed by atoms with Gasteiger partial charge in [0.2, 0.25) is 5.91 Å². The SMILES string of the molecule is C=CCOc1ccc(C2SCC(=O)Nc3c2c(C)nn3-c2ccc(OC)cc2)cc1OC. The lowest BCUT2D eigenvalue weighted by Gasteiger charge is -2.18. The predicted octanol–water partition coefficient (Wildman–Crippen LogP) is 4.54. The number of aryl methyl sites for hydroxylation is 1. The summed E-state index contributed by atoms with van der Waals surface area (Å²) in [5.41, 5.74) is 3.67. The standard InChI is InChI=1S/C24H25N3O4S/c1-5-12-31-19-11-6-16(13-20(19)30-4)23-22-15(2)26-27(24(22)25-21(28)14-32-23)17-7-9-18(29-3)10-8-17/h5-11,13,23H,1,12,14H2,2-4H3,(H,25,28). The van der Waals surface area contributed by atoms with Gasteiger partial charge in [-0.3, -0.25) is 4.79 Å². The van der Waals surface area contributed by atoms with E-state index in [0.717, 1.165) is 28.3 Å². The van der Waals surface area contributed by atoms with Gasteiger partial charge in [0.15, 0.2) is 11.5 Å². The Bertz CT molecular complexity index is 1140. The van der Waals surface area contributed by atoms with E-state index in [9.17, 15) is 4.79 Å². The Kier molecular flexibility index (Phi) is 6.41. The number of fused-ring (bicyclic) bond motifs is 1. The molecule has 4 rings (SSSR count). The maximum absolute atomic E-state index is 12.6. The van der Waals surface area contributed by atoms with Crippen molar-refractivity contribution in [2.24, 2.45) is 0 Å². The highest BCUT2D eigenvalue weighted by atomic mass is 32.2. The van der Waals surface area contributed by atoms with Crippen LogP contribution in [-0.2, 0) is 4.79 Å². The van der Waals surface area contributed by atoms with Crippen LogP contribution in [0.25, 0.3) is 5.69 Å². The number of hydrogen-bond donors (Lipinski definition) is 1. The lowest BCUT2D eigenvalue weighted by Crippen LogP contribution is -2.15. The van der Waals surface area contributed by atoms with Crippen LogP contribution in [0.15, 0.2) is 55.1 Å². The monoisotopic (exact) mass is 451 g/mol. The van der Waals surface area contributed by atoms with Gasteiger partial charge in [0.25, 0.3) is 0 Å². The van der Waals surface area contributed by atoms with Gasteiger partial charge in [0, 0.05) is 5.56 Å². The summed E-state index contributed by atoms with van der Waals surface area (Å²) >= 11 is 1.56. The maximum atomic E-state index is 12.6. The normalized spacial score (nSPS) is 15.3. The molecule has 8 heteroatoms. The van der Waals surface area contributed by atoms with Crippen LogP contribution in [0.3, 0.4) is 0 Å². The first-order valence-corrected chi connectivity index (χ1v) is 11.2. The minimum Gasteiger partial charge on any atom is -0.497 e. The summed E-state index contributed by atoms with van der Waals surface area (Å²) in [7, 11) is 3.24. The number of anilines is 1. The highest BCUT2D eigenvalue weighted by molar-refractivity contribution is 8.00. The molecular weight excluding hydrogens is 426 g/mol. The van der Waals surface area contributed by atoms with Crippen LogP contribution in [0.1, 0.15) is 22.1 Å². The number of thioether (sulfide) groups is 1. The zero-order valence-corrected chi connectivity index (χ0v) is 19.1. The maximum Gasteiger partial charge on any atom is 0.235 e. The van der Waals surface area contributed by atoms with Gasteiger partial charge in [-0.2, -0.15) is 5.10 Å². The molecule has 2 heterocycles. The number of methoxy groups -OCH3 is 2. The van der Waals surface area contributed by atoms with Gasteiger partial charge in [0.05, 0.1) is 36.6 Å². The second-order valence-electron chi connectivity index (χ2n) is 7.21. The summed E-state index contributed by atoms with van der Waals surface area (Å²) in [5.74, 6) is 2.99. The van der Waals surface area contributed by atoms with Crippen LogP contribution in [-0.4, -0.2) is 42.3 Å². The molecule has 0 saturated carbocycles. The summed E-state index contributed by atoms with van der Waals surface area (Å²) in [5, 5.41) is 7.70. The van der Waals surface area contributed by atoms with Gasteiger partial charge < -0.3 is 19.5 Å². The number of nitrogens with one attached hydrogen (secondary N) is 1. The van der Waals surface area contributed by atoms with Crippen molar-refractivity contribution in [3.63, 3.8) is 0 Å². The Labute approximate surface area is 191 Å². The predicted molar refractivity (Wildman–Crippen MR) is 126 cm³/mol. The third-order valence-corrected chi connectivity index (χ3v) is 6.44. The summed E-state index contributed by atoms with van der Waals surface area (Å²) in [6.07, 6.45) is 1.69. The molecule has 166 valence electrons.